The van der Waals surface area contributed by atoms with Crippen LogP contribution in [0.1, 0.15) is 5.56 Å². The van der Waals surface area contributed by atoms with Crippen molar-refractivity contribution < 1.29 is 4.74 Å². The first kappa shape index (κ1) is 13.3. The van der Waals surface area contributed by atoms with Crippen LogP contribution in [-0.2, 0) is 0 Å². The normalized spacial score (nSPS) is 10.5. The van der Waals surface area contributed by atoms with Gasteiger partial charge in [0.15, 0.2) is 0 Å². The molecule has 3 aromatic rings. The first-order valence-corrected chi connectivity index (χ1v) is 6.54. The van der Waals surface area contributed by atoms with Crippen LogP contribution in [0.3, 0.4) is 0 Å². The zero-order chi connectivity index (χ0) is 15.0. The number of halogens is 1. The van der Waals surface area contributed by atoms with Gasteiger partial charge in [-0.25, -0.2) is 4.98 Å². The number of methoxy groups -OCH3 is 1. The Morgan fingerprint density at radius 3 is 2.86 bits per heavy atom. The summed E-state index contributed by atoms with van der Waals surface area (Å²) in [6.45, 7) is 0. The van der Waals surface area contributed by atoms with Gasteiger partial charge in [-0.1, -0.05) is 17.7 Å². The molecule has 5 nitrogen and oxygen atoms in total. The highest BCUT2D eigenvalue weighted by Gasteiger charge is 2.17. The van der Waals surface area contributed by atoms with Crippen molar-refractivity contribution in [3.05, 3.63) is 47.0 Å². The first-order chi connectivity index (χ1) is 10.2. The molecule has 0 spiro atoms. The Hall–Kier alpha value is -2.71. The largest absolute Gasteiger partial charge is 0.495 e. The molecular weight excluding hydrogens is 288 g/mol. The lowest BCUT2D eigenvalue weighted by Gasteiger charge is -2.13. The number of imidazole rings is 1. The van der Waals surface area contributed by atoms with Gasteiger partial charge in [-0.15, -0.1) is 0 Å². The second-order valence-electron chi connectivity index (χ2n) is 4.41. The van der Waals surface area contributed by atoms with E-state index in [-0.39, 0.29) is 5.95 Å². The highest BCUT2D eigenvalue weighted by atomic mass is 35.5. The van der Waals surface area contributed by atoms with Crippen LogP contribution >= 0.6 is 11.6 Å². The fraction of sp³-hybridized carbons (Fsp3) is 0.0667. The van der Waals surface area contributed by atoms with Crippen LogP contribution in [0.5, 0.6) is 5.75 Å². The van der Waals surface area contributed by atoms with Crippen LogP contribution < -0.4 is 10.5 Å². The Morgan fingerprint density at radius 1 is 1.33 bits per heavy atom. The fourth-order valence-electron chi connectivity index (χ4n) is 2.31. The summed E-state index contributed by atoms with van der Waals surface area (Å²) in [6, 6.07) is 12.7. The predicted octanol–water partition coefficient (Wildman–Crippen LogP) is 3.14. The molecule has 0 saturated carbocycles. The van der Waals surface area contributed by atoms with Gasteiger partial charge in [-0.05, 0) is 30.3 Å². The number of anilines is 1. The molecule has 0 aliphatic rings. The Bertz CT molecular complexity index is 879. The monoisotopic (exact) mass is 298 g/mol. The van der Waals surface area contributed by atoms with Crippen LogP contribution in [0.25, 0.3) is 16.7 Å². The Kier molecular flexibility index (Phi) is 3.16. The molecule has 0 radical (unpaired) electrons. The summed E-state index contributed by atoms with van der Waals surface area (Å²) in [4.78, 5) is 4.29. The zero-order valence-corrected chi connectivity index (χ0v) is 11.9. The number of para-hydroxylation sites is 1. The highest BCUT2D eigenvalue weighted by Crippen LogP contribution is 2.32. The van der Waals surface area contributed by atoms with Crippen LogP contribution in [0.4, 0.5) is 5.95 Å². The molecule has 2 N–H and O–H groups in total. The van der Waals surface area contributed by atoms with Gasteiger partial charge in [0, 0.05) is 5.02 Å². The van der Waals surface area contributed by atoms with Crippen LogP contribution in [0.15, 0.2) is 36.4 Å². The molecule has 2 aromatic carbocycles. The Morgan fingerprint density at radius 2 is 2.14 bits per heavy atom. The number of nitrogens with zero attached hydrogens (tertiary/aromatic N) is 3. The molecule has 0 aliphatic carbocycles. The number of hydrogen-bond donors (Lipinski definition) is 1. The average molecular weight is 299 g/mol. The number of nitriles is 1. The number of aromatic nitrogens is 2. The van der Waals surface area contributed by atoms with Crippen molar-refractivity contribution >= 4 is 28.6 Å². The van der Waals surface area contributed by atoms with Crippen LogP contribution in [0, 0.1) is 11.3 Å². The number of benzene rings is 2. The molecule has 104 valence electrons. The quantitative estimate of drug-likeness (QED) is 0.788. The summed E-state index contributed by atoms with van der Waals surface area (Å²) in [7, 11) is 1.55. The molecule has 0 saturated heterocycles. The van der Waals surface area contributed by atoms with E-state index in [0.717, 1.165) is 5.52 Å². The Balaban J connectivity index is 2.41. The van der Waals surface area contributed by atoms with Crippen molar-refractivity contribution in [2.24, 2.45) is 0 Å². The lowest BCUT2D eigenvalue weighted by molar-refractivity contribution is 0.413. The van der Waals surface area contributed by atoms with Crippen molar-refractivity contribution in [2.45, 2.75) is 0 Å². The summed E-state index contributed by atoms with van der Waals surface area (Å²) in [6.07, 6.45) is 0. The zero-order valence-electron chi connectivity index (χ0n) is 11.2. The maximum absolute atomic E-state index is 9.34. The number of hydrogen-bond acceptors (Lipinski definition) is 4. The maximum Gasteiger partial charge on any atom is 0.206 e. The van der Waals surface area contributed by atoms with Gasteiger partial charge in [0.2, 0.25) is 5.95 Å². The SMILES string of the molecule is COc1cccc(C#N)c1-n1c(N)nc2cc(Cl)ccc21. The van der Waals surface area contributed by atoms with E-state index in [9.17, 15) is 5.26 Å². The van der Waals surface area contributed by atoms with E-state index in [1.807, 2.05) is 6.07 Å². The molecular formula is C15H11ClN4O. The summed E-state index contributed by atoms with van der Waals surface area (Å²) < 4.78 is 7.06. The number of nitrogens with two attached hydrogens (primary N) is 1. The van der Waals surface area contributed by atoms with E-state index in [2.05, 4.69) is 11.1 Å². The van der Waals surface area contributed by atoms with Crippen LogP contribution in [0.2, 0.25) is 5.02 Å². The van der Waals surface area contributed by atoms with Crippen molar-refractivity contribution in [2.75, 3.05) is 12.8 Å². The minimum Gasteiger partial charge on any atom is -0.495 e. The number of nitrogen functional groups attached to an aromatic ring is 1. The summed E-state index contributed by atoms with van der Waals surface area (Å²) >= 11 is 5.98. The smallest absolute Gasteiger partial charge is 0.206 e. The van der Waals surface area contributed by atoms with Gasteiger partial charge in [-0.2, -0.15) is 5.26 Å². The molecule has 1 heterocycles. The van der Waals surface area contributed by atoms with Gasteiger partial charge in [-0.3, -0.25) is 4.57 Å². The Labute approximate surface area is 126 Å². The molecule has 21 heavy (non-hydrogen) atoms. The summed E-state index contributed by atoms with van der Waals surface area (Å²) in [5, 5.41) is 9.92. The van der Waals surface area contributed by atoms with Crippen molar-refractivity contribution in [1.82, 2.24) is 9.55 Å². The van der Waals surface area contributed by atoms with E-state index < -0.39 is 0 Å². The van der Waals surface area contributed by atoms with E-state index in [1.165, 1.54) is 0 Å². The van der Waals surface area contributed by atoms with E-state index in [1.54, 1.807) is 42.0 Å². The molecule has 0 atom stereocenters. The minimum atomic E-state index is 0.272. The summed E-state index contributed by atoms with van der Waals surface area (Å²) in [5.74, 6) is 0.822. The van der Waals surface area contributed by atoms with Crippen molar-refractivity contribution in [1.29, 1.82) is 5.26 Å². The molecule has 0 amide bonds. The minimum absolute atomic E-state index is 0.272. The van der Waals surface area contributed by atoms with E-state index >= 15 is 0 Å². The second-order valence-corrected chi connectivity index (χ2v) is 4.84. The first-order valence-electron chi connectivity index (χ1n) is 6.16. The third-order valence-corrected chi connectivity index (χ3v) is 3.44. The molecule has 0 aliphatic heterocycles. The molecule has 0 unspecified atom stereocenters. The second kappa shape index (κ2) is 5.00. The molecule has 1 aromatic heterocycles. The molecule has 0 bridgehead atoms. The van der Waals surface area contributed by atoms with E-state index in [0.29, 0.717) is 27.5 Å². The number of rotatable bonds is 2. The van der Waals surface area contributed by atoms with Crippen LogP contribution in [-0.4, -0.2) is 16.7 Å². The van der Waals surface area contributed by atoms with Gasteiger partial charge >= 0.3 is 0 Å². The van der Waals surface area contributed by atoms with Crippen molar-refractivity contribution in [3.8, 4) is 17.5 Å². The maximum atomic E-state index is 9.34. The summed E-state index contributed by atoms with van der Waals surface area (Å²) in [5.41, 5.74) is 8.48. The average Bonchev–Trinajstić information content (AvgIpc) is 2.80. The van der Waals surface area contributed by atoms with Gasteiger partial charge in [0.05, 0.1) is 23.7 Å². The number of ether oxygens (including phenoxy) is 1. The number of fused-ring (bicyclic) bond motifs is 1. The highest BCUT2D eigenvalue weighted by molar-refractivity contribution is 6.31. The molecule has 0 fully saturated rings. The van der Waals surface area contributed by atoms with Gasteiger partial charge in [0.1, 0.15) is 17.5 Å². The van der Waals surface area contributed by atoms with Crippen molar-refractivity contribution in [3.63, 3.8) is 0 Å². The van der Waals surface area contributed by atoms with Gasteiger partial charge in [0.25, 0.3) is 0 Å². The standard InChI is InChI=1S/C15H11ClN4O/c1-21-13-4-2-3-9(8-17)14(13)20-12-6-5-10(16)7-11(12)19-15(20)18/h2-7H,1H3,(H2,18,19). The third-order valence-electron chi connectivity index (χ3n) is 3.21. The molecule has 6 heteroatoms. The van der Waals surface area contributed by atoms with E-state index in [4.69, 9.17) is 22.1 Å². The third kappa shape index (κ3) is 2.06. The topological polar surface area (TPSA) is 76.9 Å². The van der Waals surface area contributed by atoms with Gasteiger partial charge < -0.3 is 10.5 Å². The lowest BCUT2D eigenvalue weighted by Crippen LogP contribution is -2.05. The molecule has 3 rings (SSSR count). The fourth-order valence-corrected chi connectivity index (χ4v) is 2.48. The lowest BCUT2D eigenvalue weighted by atomic mass is 10.1. The predicted molar refractivity (Wildman–Crippen MR) is 81.8 cm³/mol.